The van der Waals surface area contributed by atoms with Gasteiger partial charge in [-0.2, -0.15) is 5.10 Å². The minimum Gasteiger partial charge on any atom is -0.483 e. The molecule has 26 heavy (non-hydrogen) atoms. The molecule has 132 valence electrons. The van der Waals surface area contributed by atoms with Crippen LogP contribution in [-0.2, 0) is 4.79 Å². The van der Waals surface area contributed by atoms with Crippen molar-refractivity contribution in [1.82, 2.24) is 10.6 Å². The van der Waals surface area contributed by atoms with Gasteiger partial charge in [0.2, 0.25) is 0 Å². The molecule has 0 saturated heterocycles. The molecule has 0 saturated carbocycles. The summed E-state index contributed by atoms with van der Waals surface area (Å²) >= 11 is 6.02. The zero-order chi connectivity index (χ0) is 18.4. The third-order valence-electron chi connectivity index (χ3n) is 3.54. The third-order valence-corrected chi connectivity index (χ3v) is 3.78. The second-order valence-corrected chi connectivity index (χ2v) is 5.84. The predicted molar refractivity (Wildman–Crippen MR) is 99.2 cm³/mol. The first-order valence-electron chi connectivity index (χ1n) is 7.85. The zero-order valence-electron chi connectivity index (χ0n) is 14.0. The molecule has 0 aliphatic carbocycles. The van der Waals surface area contributed by atoms with Crippen LogP contribution < -0.4 is 10.2 Å². The fraction of sp³-hybridized carbons (Fsp3) is 0.105. The molecule has 3 aromatic rings. The second-order valence-electron chi connectivity index (χ2n) is 5.40. The van der Waals surface area contributed by atoms with Gasteiger partial charge in [0.25, 0.3) is 5.91 Å². The summed E-state index contributed by atoms with van der Waals surface area (Å²) in [5.41, 5.74) is 4.73. The first-order valence-corrected chi connectivity index (χ1v) is 8.23. The average Bonchev–Trinajstić information content (AvgIpc) is 3.20. The largest absolute Gasteiger partial charge is 0.483 e. The first-order chi connectivity index (χ1) is 12.6. The number of carbonyl (C=O) groups excluding carboxylic acids is 1. The summed E-state index contributed by atoms with van der Waals surface area (Å²) in [4.78, 5) is 12.0. The topological polar surface area (TPSA) is 76.7 Å². The van der Waals surface area contributed by atoms with E-state index in [1.807, 2.05) is 37.3 Å². The van der Waals surface area contributed by atoms with Crippen LogP contribution in [0.5, 0.6) is 5.75 Å². The van der Waals surface area contributed by atoms with Gasteiger partial charge in [0, 0.05) is 11.1 Å². The molecule has 6 nitrogen and oxygen atoms in total. The molecule has 7 heteroatoms. The quantitative estimate of drug-likeness (QED) is 0.528. The normalized spacial score (nSPS) is 11.2. The van der Waals surface area contributed by atoms with Crippen LogP contribution in [0.4, 0.5) is 0 Å². The van der Waals surface area contributed by atoms with Crippen molar-refractivity contribution in [2.45, 2.75) is 6.92 Å². The number of carbonyl (C=O) groups is 1. The molecule has 0 spiro atoms. The van der Waals surface area contributed by atoms with Gasteiger partial charge < -0.3 is 9.26 Å². The highest BCUT2D eigenvalue weighted by Gasteiger charge is 2.12. The van der Waals surface area contributed by atoms with Crippen LogP contribution in [-0.4, -0.2) is 23.4 Å². The van der Waals surface area contributed by atoms with Gasteiger partial charge >= 0.3 is 0 Å². The average molecular weight is 370 g/mol. The molecular weight excluding hydrogens is 354 g/mol. The van der Waals surface area contributed by atoms with Crippen molar-refractivity contribution < 1.29 is 14.1 Å². The molecule has 1 N–H and O–H groups in total. The summed E-state index contributed by atoms with van der Waals surface area (Å²) in [6.07, 6.45) is 1.52. The maximum absolute atomic E-state index is 12.0. The first kappa shape index (κ1) is 17.7. The molecule has 1 aromatic heterocycles. The molecule has 0 aliphatic heterocycles. The standard InChI is InChI=1S/C19H16ClN3O3/c1-13(14-5-3-2-4-6-14)22-23-19(24)12-25-17-8-7-15(20)11-16(17)18-9-10-21-26-18/h2-11H,12H2,1H3,(H,23,24)/b22-13+. The Balaban J connectivity index is 1.63. The zero-order valence-corrected chi connectivity index (χ0v) is 14.7. The molecule has 0 fully saturated rings. The lowest BCUT2D eigenvalue weighted by molar-refractivity contribution is -0.123. The highest BCUT2D eigenvalue weighted by Crippen LogP contribution is 2.32. The molecule has 3 rings (SSSR count). The molecule has 0 unspecified atom stereocenters. The van der Waals surface area contributed by atoms with Gasteiger partial charge in [-0.15, -0.1) is 0 Å². The summed E-state index contributed by atoms with van der Waals surface area (Å²) < 4.78 is 10.7. The number of nitrogens with one attached hydrogen (secondary N) is 1. The van der Waals surface area contributed by atoms with Crippen LogP contribution in [0.2, 0.25) is 5.02 Å². The second kappa shape index (κ2) is 8.31. The maximum atomic E-state index is 12.0. The van der Waals surface area contributed by atoms with Crippen LogP contribution in [0.3, 0.4) is 0 Å². The van der Waals surface area contributed by atoms with Gasteiger partial charge in [-0.1, -0.05) is 47.1 Å². The van der Waals surface area contributed by atoms with Crippen molar-refractivity contribution in [3.05, 3.63) is 71.4 Å². The van der Waals surface area contributed by atoms with Gasteiger partial charge in [-0.05, 0) is 30.7 Å². The maximum Gasteiger partial charge on any atom is 0.277 e. The summed E-state index contributed by atoms with van der Waals surface area (Å²) in [5, 5.41) is 8.28. The SMILES string of the molecule is C/C(=N\NC(=O)COc1ccc(Cl)cc1-c1ccno1)c1ccccc1. The number of halogens is 1. The van der Waals surface area contributed by atoms with Crippen LogP contribution in [0, 0.1) is 0 Å². The van der Waals surface area contributed by atoms with E-state index in [-0.39, 0.29) is 12.5 Å². The molecule has 0 radical (unpaired) electrons. The molecule has 2 aromatic carbocycles. The Bertz CT molecular complexity index is 909. The molecule has 0 aliphatic rings. The van der Waals surface area contributed by atoms with Crippen molar-refractivity contribution in [3.8, 4) is 17.1 Å². The summed E-state index contributed by atoms with van der Waals surface area (Å²) in [6.45, 7) is 1.62. The van der Waals surface area contributed by atoms with Crippen LogP contribution in [0.25, 0.3) is 11.3 Å². The van der Waals surface area contributed by atoms with Crippen LogP contribution >= 0.6 is 11.6 Å². The van der Waals surface area contributed by atoms with E-state index in [1.54, 1.807) is 24.3 Å². The molecule has 1 amide bonds. The van der Waals surface area contributed by atoms with E-state index in [0.29, 0.717) is 27.8 Å². The van der Waals surface area contributed by atoms with Gasteiger partial charge in [-0.25, -0.2) is 5.43 Å². The van der Waals surface area contributed by atoms with E-state index in [4.69, 9.17) is 20.9 Å². The Labute approximate surface area is 155 Å². The van der Waals surface area contributed by atoms with Crippen molar-refractivity contribution in [2.24, 2.45) is 5.10 Å². The van der Waals surface area contributed by atoms with Crippen molar-refractivity contribution in [3.63, 3.8) is 0 Å². The van der Waals surface area contributed by atoms with Gasteiger partial charge in [-0.3, -0.25) is 4.79 Å². The smallest absolute Gasteiger partial charge is 0.277 e. The van der Waals surface area contributed by atoms with Crippen LogP contribution in [0.1, 0.15) is 12.5 Å². The number of nitrogens with zero attached hydrogens (tertiary/aromatic N) is 2. The number of hydrogen-bond acceptors (Lipinski definition) is 5. The van der Waals surface area contributed by atoms with E-state index in [1.165, 1.54) is 6.20 Å². The number of ether oxygens (including phenoxy) is 1. The van der Waals surface area contributed by atoms with Crippen molar-refractivity contribution >= 4 is 23.2 Å². The fourth-order valence-corrected chi connectivity index (χ4v) is 2.41. The lowest BCUT2D eigenvalue weighted by Gasteiger charge is -2.09. The van der Waals surface area contributed by atoms with Crippen molar-refractivity contribution in [1.29, 1.82) is 0 Å². The van der Waals surface area contributed by atoms with Gasteiger partial charge in [0.1, 0.15) is 5.75 Å². The van der Waals surface area contributed by atoms with Crippen LogP contribution in [0.15, 0.2) is 70.4 Å². The van der Waals surface area contributed by atoms with Gasteiger partial charge in [0.15, 0.2) is 12.4 Å². The number of hydrogen-bond donors (Lipinski definition) is 1. The summed E-state index contributed by atoms with van der Waals surface area (Å²) in [5.74, 6) is 0.588. The van der Waals surface area contributed by atoms with Gasteiger partial charge in [0.05, 0.1) is 17.5 Å². The van der Waals surface area contributed by atoms with E-state index in [0.717, 1.165) is 5.56 Å². The molecule has 1 heterocycles. The molecule has 0 atom stereocenters. The lowest BCUT2D eigenvalue weighted by Crippen LogP contribution is -2.25. The van der Waals surface area contributed by atoms with E-state index in [9.17, 15) is 4.79 Å². The minimum absolute atomic E-state index is 0.200. The van der Waals surface area contributed by atoms with E-state index >= 15 is 0 Å². The summed E-state index contributed by atoms with van der Waals surface area (Å²) in [7, 11) is 0. The van der Waals surface area contributed by atoms with Crippen molar-refractivity contribution in [2.75, 3.05) is 6.61 Å². The Morgan fingerprint density at radius 1 is 1.23 bits per heavy atom. The monoisotopic (exact) mass is 369 g/mol. The molecule has 0 bridgehead atoms. The Morgan fingerprint density at radius 3 is 2.77 bits per heavy atom. The number of rotatable bonds is 6. The number of benzene rings is 2. The number of hydrazone groups is 1. The van der Waals surface area contributed by atoms with E-state index in [2.05, 4.69) is 15.7 Å². The fourth-order valence-electron chi connectivity index (χ4n) is 2.24. The molecular formula is C19H16ClN3O3. The Kier molecular flexibility index (Phi) is 5.66. The Morgan fingerprint density at radius 2 is 2.04 bits per heavy atom. The highest BCUT2D eigenvalue weighted by molar-refractivity contribution is 6.30. The third kappa shape index (κ3) is 4.49. The predicted octanol–water partition coefficient (Wildman–Crippen LogP) is 3.91. The Hall–Kier alpha value is -3.12. The summed E-state index contributed by atoms with van der Waals surface area (Å²) in [6, 6.07) is 16.3. The minimum atomic E-state index is -0.376. The lowest BCUT2D eigenvalue weighted by atomic mass is 10.1. The highest BCUT2D eigenvalue weighted by atomic mass is 35.5. The number of amides is 1. The van der Waals surface area contributed by atoms with E-state index < -0.39 is 0 Å². The number of aromatic nitrogens is 1.